The quantitative estimate of drug-likeness (QED) is 0.380. The highest BCUT2D eigenvalue weighted by atomic mass is 35.5. The lowest BCUT2D eigenvalue weighted by atomic mass is 10.1. The first kappa shape index (κ1) is 16.9. The van der Waals surface area contributed by atoms with E-state index in [-0.39, 0.29) is 5.63 Å². The summed E-state index contributed by atoms with van der Waals surface area (Å²) in [5.41, 5.74) is 2.82. The van der Waals surface area contributed by atoms with E-state index >= 15 is 0 Å². The molecular weight excluding hydrogens is 370 g/mol. The van der Waals surface area contributed by atoms with Crippen molar-refractivity contribution in [3.8, 4) is 5.69 Å². The molecule has 0 spiro atoms. The number of benzene rings is 2. The smallest absolute Gasteiger partial charge is 0.336 e. The van der Waals surface area contributed by atoms with E-state index in [0.29, 0.717) is 21.5 Å². The summed E-state index contributed by atoms with van der Waals surface area (Å²) in [7, 11) is 0. The second kappa shape index (κ2) is 6.97. The number of halogens is 1. The molecule has 5 nitrogen and oxygen atoms in total. The van der Waals surface area contributed by atoms with Crippen molar-refractivity contribution in [2.24, 2.45) is 0 Å². The van der Waals surface area contributed by atoms with Gasteiger partial charge in [-0.1, -0.05) is 41.6 Å². The van der Waals surface area contributed by atoms with Crippen LogP contribution in [0.15, 0.2) is 69.2 Å². The molecule has 2 aromatic carbocycles. The van der Waals surface area contributed by atoms with Gasteiger partial charge in [-0.3, -0.25) is 0 Å². The lowest BCUT2D eigenvalue weighted by Gasteiger charge is -2.06. The summed E-state index contributed by atoms with van der Waals surface area (Å²) in [5, 5.41) is 6.57. The Bertz CT molecular complexity index is 1140. The van der Waals surface area contributed by atoms with Gasteiger partial charge >= 0.3 is 5.63 Å². The Labute approximate surface area is 158 Å². The van der Waals surface area contributed by atoms with Crippen molar-refractivity contribution in [3.05, 3.63) is 81.4 Å². The molecule has 0 radical (unpaired) electrons. The monoisotopic (exact) mass is 383 g/mol. The second-order valence-electron chi connectivity index (χ2n) is 5.78. The molecule has 2 heterocycles. The van der Waals surface area contributed by atoms with E-state index in [9.17, 15) is 4.79 Å². The molecule has 26 heavy (non-hydrogen) atoms. The van der Waals surface area contributed by atoms with E-state index in [1.165, 1.54) is 17.8 Å². The lowest BCUT2D eigenvalue weighted by molar-refractivity contribution is 0.559. The summed E-state index contributed by atoms with van der Waals surface area (Å²) >= 11 is 7.69. The predicted octanol–water partition coefficient (Wildman–Crippen LogP) is 4.63. The first-order chi connectivity index (χ1) is 12.6. The zero-order valence-corrected chi connectivity index (χ0v) is 15.4. The minimum absolute atomic E-state index is 0.377. The van der Waals surface area contributed by atoms with Crippen molar-refractivity contribution in [2.45, 2.75) is 17.8 Å². The van der Waals surface area contributed by atoms with Crippen molar-refractivity contribution in [1.82, 2.24) is 14.8 Å². The van der Waals surface area contributed by atoms with Crippen LogP contribution in [0.1, 0.15) is 11.1 Å². The Balaban J connectivity index is 1.61. The molecule has 0 atom stereocenters. The van der Waals surface area contributed by atoms with Gasteiger partial charge in [0.05, 0.1) is 5.69 Å². The number of hydrogen-bond donors (Lipinski definition) is 0. The van der Waals surface area contributed by atoms with Crippen molar-refractivity contribution < 1.29 is 4.42 Å². The number of rotatable bonds is 4. The second-order valence-corrected chi connectivity index (χ2v) is 7.13. The fraction of sp³-hybridized carbons (Fsp3) is 0.105. The van der Waals surface area contributed by atoms with Gasteiger partial charge in [-0.15, -0.1) is 5.10 Å². The summed E-state index contributed by atoms with van der Waals surface area (Å²) in [6, 6.07) is 14.9. The Morgan fingerprint density at radius 2 is 2.00 bits per heavy atom. The molecule has 0 saturated carbocycles. The molecule has 7 heteroatoms. The predicted molar refractivity (Wildman–Crippen MR) is 103 cm³/mol. The highest BCUT2D eigenvalue weighted by molar-refractivity contribution is 7.98. The van der Waals surface area contributed by atoms with Crippen LogP contribution in [0.3, 0.4) is 0 Å². The molecule has 2 aromatic heterocycles. The summed E-state index contributed by atoms with van der Waals surface area (Å²) in [5.74, 6) is 0.542. The van der Waals surface area contributed by atoms with Crippen LogP contribution in [0, 0.1) is 6.92 Å². The topological polar surface area (TPSA) is 60.9 Å². The SMILES string of the molecule is Cc1cc2oc(=O)cc(CSc3ncn(-c4ccccc4)n3)c2cc1Cl. The van der Waals surface area contributed by atoms with Gasteiger partial charge in [0.1, 0.15) is 11.9 Å². The van der Waals surface area contributed by atoms with E-state index < -0.39 is 0 Å². The standard InChI is InChI=1S/C19H14ClN3O2S/c1-12-7-17-15(9-16(12)20)13(8-18(24)25-17)10-26-19-21-11-23(22-19)14-5-3-2-4-6-14/h2-9,11H,10H2,1H3. The van der Waals surface area contributed by atoms with E-state index in [1.54, 1.807) is 17.1 Å². The molecule has 4 aromatic rings. The van der Waals surface area contributed by atoms with Gasteiger partial charge in [-0.2, -0.15) is 0 Å². The number of aromatic nitrogens is 3. The van der Waals surface area contributed by atoms with Crippen molar-refractivity contribution >= 4 is 34.3 Å². The van der Waals surface area contributed by atoms with Crippen molar-refractivity contribution in [1.29, 1.82) is 0 Å². The summed E-state index contributed by atoms with van der Waals surface area (Å²) in [6.07, 6.45) is 1.68. The van der Waals surface area contributed by atoms with Gasteiger partial charge < -0.3 is 4.42 Å². The highest BCUT2D eigenvalue weighted by Crippen LogP contribution is 2.28. The lowest BCUT2D eigenvalue weighted by Crippen LogP contribution is -2.00. The van der Waals surface area contributed by atoms with Gasteiger partial charge in [-0.25, -0.2) is 14.5 Å². The number of para-hydroxylation sites is 1. The maximum absolute atomic E-state index is 11.9. The average Bonchev–Trinajstić information content (AvgIpc) is 3.11. The van der Waals surface area contributed by atoms with Crippen LogP contribution in [0.25, 0.3) is 16.7 Å². The minimum Gasteiger partial charge on any atom is -0.423 e. The normalized spacial score (nSPS) is 11.2. The highest BCUT2D eigenvalue weighted by Gasteiger charge is 2.11. The van der Waals surface area contributed by atoms with Crippen LogP contribution in [-0.4, -0.2) is 14.8 Å². The summed E-state index contributed by atoms with van der Waals surface area (Å²) in [4.78, 5) is 16.2. The van der Waals surface area contributed by atoms with Crippen molar-refractivity contribution in [2.75, 3.05) is 0 Å². The van der Waals surface area contributed by atoms with Crippen LogP contribution >= 0.6 is 23.4 Å². The zero-order valence-electron chi connectivity index (χ0n) is 13.8. The molecule has 0 aliphatic heterocycles. The molecule has 0 bridgehead atoms. The minimum atomic E-state index is -0.377. The fourth-order valence-electron chi connectivity index (χ4n) is 2.63. The largest absolute Gasteiger partial charge is 0.423 e. The maximum atomic E-state index is 11.9. The van der Waals surface area contributed by atoms with Gasteiger partial charge in [0.15, 0.2) is 0 Å². The van der Waals surface area contributed by atoms with Crippen LogP contribution in [0.5, 0.6) is 0 Å². The molecule has 130 valence electrons. The third-order valence-corrected chi connectivity index (χ3v) is 5.27. The third kappa shape index (κ3) is 3.38. The summed E-state index contributed by atoms with van der Waals surface area (Å²) < 4.78 is 7.02. The van der Waals surface area contributed by atoms with E-state index in [1.807, 2.05) is 43.3 Å². The van der Waals surface area contributed by atoms with Crippen LogP contribution in [0.2, 0.25) is 5.02 Å². The average molecular weight is 384 g/mol. The Kier molecular flexibility index (Phi) is 4.53. The molecular formula is C19H14ClN3O2S. The van der Waals surface area contributed by atoms with Crippen LogP contribution in [0.4, 0.5) is 0 Å². The zero-order chi connectivity index (χ0) is 18.1. The van der Waals surface area contributed by atoms with Crippen molar-refractivity contribution in [3.63, 3.8) is 0 Å². The molecule has 0 aliphatic carbocycles. The third-order valence-electron chi connectivity index (χ3n) is 3.96. The molecule has 0 aliphatic rings. The number of nitrogens with zero attached hydrogens (tertiary/aromatic N) is 3. The molecule has 0 N–H and O–H groups in total. The fourth-order valence-corrected chi connectivity index (χ4v) is 3.58. The molecule has 0 fully saturated rings. The van der Waals surface area contributed by atoms with Gasteiger partial charge in [0.25, 0.3) is 0 Å². The van der Waals surface area contributed by atoms with E-state index in [0.717, 1.165) is 22.2 Å². The first-order valence-electron chi connectivity index (χ1n) is 7.93. The number of hydrogen-bond acceptors (Lipinski definition) is 5. The van der Waals surface area contributed by atoms with Crippen LogP contribution in [-0.2, 0) is 5.75 Å². The Hall–Kier alpha value is -2.57. The Morgan fingerprint density at radius 1 is 1.19 bits per heavy atom. The van der Waals surface area contributed by atoms with Crippen LogP contribution < -0.4 is 5.63 Å². The van der Waals surface area contributed by atoms with E-state index in [2.05, 4.69) is 10.1 Å². The van der Waals surface area contributed by atoms with Gasteiger partial charge in [0, 0.05) is 22.2 Å². The number of aryl methyl sites for hydroxylation is 1. The maximum Gasteiger partial charge on any atom is 0.336 e. The molecule has 0 unspecified atom stereocenters. The van der Waals surface area contributed by atoms with E-state index in [4.69, 9.17) is 16.0 Å². The number of fused-ring (bicyclic) bond motifs is 1. The van der Waals surface area contributed by atoms with Gasteiger partial charge in [-0.05, 0) is 42.3 Å². The van der Waals surface area contributed by atoms with Gasteiger partial charge in [0.2, 0.25) is 5.16 Å². The Morgan fingerprint density at radius 3 is 2.81 bits per heavy atom. The molecule has 0 saturated heterocycles. The molecule has 0 amide bonds. The number of thioether (sulfide) groups is 1. The molecule has 4 rings (SSSR count). The first-order valence-corrected chi connectivity index (χ1v) is 9.29. The summed E-state index contributed by atoms with van der Waals surface area (Å²) in [6.45, 7) is 1.88.